The molecule has 0 unspecified atom stereocenters. The molecule has 8 heteroatoms. The van der Waals surface area contributed by atoms with Gasteiger partial charge in [-0.15, -0.1) is 0 Å². The van der Waals surface area contributed by atoms with Crippen molar-refractivity contribution in [1.82, 2.24) is 14.3 Å². The van der Waals surface area contributed by atoms with Crippen LogP contribution >= 0.6 is 0 Å². The standard InChI is InChI=1S/C14H13F4N3O/c15-11-7-9(4-5-10(11)14(16,17)18)8-21-13(22)20-6-2-1-3-12(20)19-21/h4-5,7H,1-3,6,8H2. The Morgan fingerprint density at radius 3 is 2.64 bits per heavy atom. The van der Waals surface area contributed by atoms with Gasteiger partial charge in [0.1, 0.15) is 11.6 Å². The van der Waals surface area contributed by atoms with E-state index in [2.05, 4.69) is 5.10 Å². The zero-order valence-corrected chi connectivity index (χ0v) is 11.5. The Kier molecular flexibility index (Phi) is 3.54. The Morgan fingerprint density at radius 1 is 1.23 bits per heavy atom. The fraction of sp³-hybridized carbons (Fsp3) is 0.429. The van der Waals surface area contributed by atoms with Gasteiger partial charge < -0.3 is 0 Å². The van der Waals surface area contributed by atoms with Gasteiger partial charge in [-0.25, -0.2) is 13.9 Å². The van der Waals surface area contributed by atoms with Crippen LogP contribution in [0.1, 0.15) is 29.8 Å². The lowest BCUT2D eigenvalue weighted by Crippen LogP contribution is -2.27. The van der Waals surface area contributed by atoms with Gasteiger partial charge in [-0.1, -0.05) is 6.07 Å². The third-order valence-electron chi connectivity index (χ3n) is 3.70. The molecule has 1 aliphatic heterocycles. The number of fused-ring (bicyclic) bond motifs is 1. The molecule has 3 rings (SSSR count). The number of aryl methyl sites for hydroxylation is 1. The van der Waals surface area contributed by atoms with Crippen LogP contribution in [0.4, 0.5) is 17.6 Å². The predicted molar refractivity (Wildman–Crippen MR) is 69.9 cm³/mol. The van der Waals surface area contributed by atoms with Gasteiger partial charge >= 0.3 is 11.9 Å². The molecule has 0 bridgehead atoms. The van der Waals surface area contributed by atoms with Crippen LogP contribution in [-0.2, 0) is 25.7 Å². The Bertz CT molecular complexity index is 760. The number of nitrogens with zero attached hydrogens (tertiary/aromatic N) is 3. The summed E-state index contributed by atoms with van der Waals surface area (Å²) < 4.78 is 53.8. The summed E-state index contributed by atoms with van der Waals surface area (Å²) in [6.07, 6.45) is -2.19. The molecule has 0 N–H and O–H groups in total. The average Bonchev–Trinajstić information content (AvgIpc) is 2.75. The molecule has 0 atom stereocenters. The van der Waals surface area contributed by atoms with Crippen molar-refractivity contribution >= 4 is 0 Å². The molecule has 0 fully saturated rings. The Labute approximate surface area is 123 Å². The molecule has 0 spiro atoms. The zero-order chi connectivity index (χ0) is 15.9. The van der Waals surface area contributed by atoms with E-state index in [4.69, 9.17) is 0 Å². The highest BCUT2D eigenvalue weighted by molar-refractivity contribution is 5.26. The molecular weight excluding hydrogens is 302 g/mol. The number of rotatable bonds is 2. The Hall–Kier alpha value is -2.12. The summed E-state index contributed by atoms with van der Waals surface area (Å²) in [6.45, 7) is 0.545. The maximum absolute atomic E-state index is 13.5. The van der Waals surface area contributed by atoms with Gasteiger partial charge in [0.25, 0.3) is 0 Å². The maximum Gasteiger partial charge on any atom is 0.419 e. The first-order valence-electron chi connectivity index (χ1n) is 6.88. The molecule has 0 aliphatic carbocycles. The van der Waals surface area contributed by atoms with Gasteiger partial charge in [-0.3, -0.25) is 4.57 Å². The highest BCUT2D eigenvalue weighted by Gasteiger charge is 2.33. The van der Waals surface area contributed by atoms with Crippen molar-refractivity contribution in [1.29, 1.82) is 0 Å². The van der Waals surface area contributed by atoms with E-state index in [0.717, 1.165) is 25.0 Å². The molecule has 1 aliphatic rings. The van der Waals surface area contributed by atoms with E-state index in [0.29, 0.717) is 24.9 Å². The Balaban J connectivity index is 1.90. The van der Waals surface area contributed by atoms with Crippen LogP contribution in [0, 0.1) is 5.82 Å². The van der Waals surface area contributed by atoms with Crippen LogP contribution in [0.3, 0.4) is 0 Å². The first-order valence-corrected chi connectivity index (χ1v) is 6.88. The number of hydrogen-bond donors (Lipinski definition) is 0. The first kappa shape index (κ1) is 14.8. The van der Waals surface area contributed by atoms with Crippen LogP contribution < -0.4 is 5.69 Å². The van der Waals surface area contributed by atoms with E-state index in [1.807, 2.05) is 0 Å². The van der Waals surface area contributed by atoms with Gasteiger partial charge in [0.15, 0.2) is 0 Å². The van der Waals surface area contributed by atoms with Crippen LogP contribution in [-0.4, -0.2) is 14.3 Å². The van der Waals surface area contributed by atoms with E-state index >= 15 is 0 Å². The normalized spacial score (nSPS) is 14.9. The van der Waals surface area contributed by atoms with Gasteiger partial charge in [-0.2, -0.15) is 18.3 Å². The monoisotopic (exact) mass is 315 g/mol. The van der Waals surface area contributed by atoms with Crippen LogP contribution in [0.5, 0.6) is 0 Å². The highest BCUT2D eigenvalue weighted by atomic mass is 19.4. The number of halogens is 4. The largest absolute Gasteiger partial charge is 0.419 e. The average molecular weight is 315 g/mol. The molecule has 0 saturated carbocycles. The molecular formula is C14H13F4N3O. The number of benzene rings is 1. The fourth-order valence-corrected chi connectivity index (χ4v) is 2.61. The van der Waals surface area contributed by atoms with Crippen molar-refractivity contribution in [3.63, 3.8) is 0 Å². The van der Waals surface area contributed by atoms with Crippen molar-refractivity contribution < 1.29 is 17.6 Å². The summed E-state index contributed by atoms with van der Waals surface area (Å²) in [4.78, 5) is 12.1. The molecule has 1 aromatic carbocycles. The summed E-state index contributed by atoms with van der Waals surface area (Å²) >= 11 is 0. The summed E-state index contributed by atoms with van der Waals surface area (Å²) in [5, 5.41) is 4.17. The van der Waals surface area contributed by atoms with Gasteiger partial charge in [0, 0.05) is 13.0 Å². The fourth-order valence-electron chi connectivity index (χ4n) is 2.61. The van der Waals surface area contributed by atoms with E-state index in [1.54, 1.807) is 4.57 Å². The molecule has 4 nitrogen and oxygen atoms in total. The topological polar surface area (TPSA) is 39.8 Å². The van der Waals surface area contributed by atoms with Gasteiger partial charge in [0.2, 0.25) is 0 Å². The quantitative estimate of drug-likeness (QED) is 0.799. The first-order chi connectivity index (χ1) is 10.4. The summed E-state index contributed by atoms with van der Waals surface area (Å²) in [5.41, 5.74) is -1.36. The maximum atomic E-state index is 13.5. The van der Waals surface area contributed by atoms with Gasteiger partial charge in [0.05, 0.1) is 12.1 Å². The van der Waals surface area contributed by atoms with Crippen molar-refractivity contribution in [2.24, 2.45) is 0 Å². The second kappa shape index (κ2) is 5.26. The highest BCUT2D eigenvalue weighted by Crippen LogP contribution is 2.31. The minimum absolute atomic E-state index is 0.0477. The van der Waals surface area contributed by atoms with E-state index < -0.39 is 17.6 Å². The van der Waals surface area contributed by atoms with Crippen molar-refractivity contribution in [2.75, 3.05) is 0 Å². The van der Waals surface area contributed by atoms with Crippen LogP contribution in [0.25, 0.3) is 0 Å². The minimum Gasteiger partial charge on any atom is -0.279 e. The molecule has 1 aromatic heterocycles. The minimum atomic E-state index is -4.73. The zero-order valence-electron chi connectivity index (χ0n) is 11.5. The molecule has 0 amide bonds. The summed E-state index contributed by atoms with van der Waals surface area (Å²) in [6, 6.07) is 2.65. The third-order valence-corrected chi connectivity index (χ3v) is 3.70. The molecule has 118 valence electrons. The summed E-state index contributed by atoms with van der Waals surface area (Å²) in [5.74, 6) is -0.675. The van der Waals surface area contributed by atoms with E-state index in [9.17, 15) is 22.4 Å². The molecule has 0 saturated heterocycles. The molecule has 0 radical (unpaired) electrons. The van der Waals surface area contributed by atoms with Crippen molar-refractivity contribution in [3.8, 4) is 0 Å². The molecule has 2 aromatic rings. The third kappa shape index (κ3) is 2.65. The van der Waals surface area contributed by atoms with E-state index in [1.165, 1.54) is 4.68 Å². The summed E-state index contributed by atoms with van der Waals surface area (Å²) in [7, 11) is 0. The lowest BCUT2D eigenvalue weighted by Gasteiger charge is -2.09. The number of aromatic nitrogens is 3. The van der Waals surface area contributed by atoms with Crippen molar-refractivity contribution in [3.05, 3.63) is 51.5 Å². The number of alkyl halides is 3. The molecule has 22 heavy (non-hydrogen) atoms. The Morgan fingerprint density at radius 2 is 2.00 bits per heavy atom. The second-order valence-corrected chi connectivity index (χ2v) is 5.28. The van der Waals surface area contributed by atoms with Crippen molar-refractivity contribution in [2.45, 2.75) is 38.5 Å². The SMILES string of the molecule is O=c1n(Cc2ccc(C(F)(F)F)c(F)c2)nc2n1CCCC2. The molecule has 2 heterocycles. The lowest BCUT2D eigenvalue weighted by atomic mass is 10.1. The second-order valence-electron chi connectivity index (χ2n) is 5.28. The lowest BCUT2D eigenvalue weighted by molar-refractivity contribution is -0.140. The van der Waals surface area contributed by atoms with E-state index in [-0.39, 0.29) is 17.8 Å². The smallest absolute Gasteiger partial charge is 0.279 e. The van der Waals surface area contributed by atoms with Gasteiger partial charge in [-0.05, 0) is 30.5 Å². The van der Waals surface area contributed by atoms with Crippen LogP contribution in [0.2, 0.25) is 0 Å². The van der Waals surface area contributed by atoms with Crippen LogP contribution in [0.15, 0.2) is 23.0 Å². The predicted octanol–water partition coefficient (Wildman–Crippen LogP) is 2.59. The number of hydrogen-bond acceptors (Lipinski definition) is 2.